The summed E-state index contributed by atoms with van der Waals surface area (Å²) in [6.07, 6.45) is 0.505. The molecule has 0 saturated carbocycles. The summed E-state index contributed by atoms with van der Waals surface area (Å²) in [5, 5.41) is 13.0. The number of nitrogens with one attached hydrogen (secondary N) is 1. The molecule has 1 fully saturated rings. The Labute approximate surface area is 94.9 Å². The van der Waals surface area contributed by atoms with Crippen molar-refractivity contribution >= 4 is 5.69 Å². The van der Waals surface area contributed by atoms with Crippen LogP contribution in [0.3, 0.4) is 0 Å². The number of rotatable bonds is 3. The van der Waals surface area contributed by atoms with E-state index in [1.807, 2.05) is 20.2 Å². The third kappa shape index (κ3) is 2.18. The molecule has 1 aliphatic rings. The molecule has 0 amide bonds. The topological polar surface area (TPSA) is 35.5 Å². The van der Waals surface area contributed by atoms with Gasteiger partial charge in [-0.3, -0.25) is 0 Å². The van der Waals surface area contributed by atoms with Gasteiger partial charge in [-0.05, 0) is 17.7 Å². The van der Waals surface area contributed by atoms with Crippen LogP contribution in [0.1, 0.15) is 5.56 Å². The van der Waals surface area contributed by atoms with Gasteiger partial charge in [0.25, 0.3) is 0 Å². The third-order valence-electron chi connectivity index (χ3n) is 2.94. The van der Waals surface area contributed by atoms with Crippen LogP contribution in [0.2, 0.25) is 0 Å². The van der Waals surface area contributed by atoms with Gasteiger partial charge in [-0.25, -0.2) is 4.39 Å². The SMILES string of the molecule is CN(C)c1ccc(CC2(O)CNC2)cc1F. The van der Waals surface area contributed by atoms with E-state index in [9.17, 15) is 9.50 Å². The molecule has 3 nitrogen and oxygen atoms in total. The molecule has 0 aliphatic carbocycles. The monoisotopic (exact) mass is 224 g/mol. The molecule has 0 atom stereocenters. The lowest BCUT2D eigenvalue weighted by Gasteiger charge is -2.37. The van der Waals surface area contributed by atoms with E-state index < -0.39 is 5.60 Å². The van der Waals surface area contributed by atoms with Crippen molar-refractivity contribution in [2.75, 3.05) is 32.1 Å². The molecule has 16 heavy (non-hydrogen) atoms. The average molecular weight is 224 g/mol. The normalized spacial score (nSPS) is 18.0. The summed E-state index contributed by atoms with van der Waals surface area (Å²) in [4.78, 5) is 1.73. The Hall–Kier alpha value is -1.13. The number of β-amino-alcohol motifs (C(OH)–C–C–N with tert-alkyl or cyclic N) is 1. The number of aliphatic hydroxyl groups is 1. The molecule has 0 bridgehead atoms. The van der Waals surface area contributed by atoms with Crippen LogP contribution in [0.25, 0.3) is 0 Å². The Morgan fingerprint density at radius 2 is 2.12 bits per heavy atom. The minimum Gasteiger partial charge on any atom is -0.387 e. The fourth-order valence-corrected chi connectivity index (χ4v) is 1.94. The first-order chi connectivity index (χ1) is 7.50. The van der Waals surface area contributed by atoms with Gasteiger partial charge in [0.15, 0.2) is 0 Å². The lowest BCUT2D eigenvalue weighted by molar-refractivity contribution is -0.00905. The average Bonchev–Trinajstić information content (AvgIpc) is 2.14. The lowest BCUT2D eigenvalue weighted by atomic mass is 9.89. The van der Waals surface area contributed by atoms with Gasteiger partial charge >= 0.3 is 0 Å². The predicted octanol–water partition coefficient (Wildman–Crippen LogP) is 0.768. The van der Waals surface area contributed by atoms with Crippen molar-refractivity contribution < 1.29 is 9.50 Å². The van der Waals surface area contributed by atoms with Gasteiger partial charge in [-0.2, -0.15) is 0 Å². The maximum absolute atomic E-state index is 13.7. The molecule has 1 aromatic carbocycles. The standard InChI is InChI=1S/C12H17FN2O/c1-15(2)11-4-3-9(5-10(11)13)6-12(16)7-14-8-12/h3-5,14,16H,6-8H2,1-2H3. The summed E-state index contributed by atoms with van der Waals surface area (Å²) in [6, 6.07) is 5.13. The van der Waals surface area contributed by atoms with E-state index in [1.165, 1.54) is 6.07 Å². The molecule has 4 heteroatoms. The highest BCUT2D eigenvalue weighted by atomic mass is 19.1. The van der Waals surface area contributed by atoms with Gasteiger partial charge in [0.2, 0.25) is 0 Å². The van der Waals surface area contributed by atoms with Gasteiger partial charge < -0.3 is 15.3 Å². The third-order valence-corrected chi connectivity index (χ3v) is 2.94. The molecule has 0 unspecified atom stereocenters. The van der Waals surface area contributed by atoms with Crippen LogP contribution < -0.4 is 10.2 Å². The molecule has 0 aromatic heterocycles. The van der Waals surface area contributed by atoms with Crippen LogP contribution in [0.4, 0.5) is 10.1 Å². The molecule has 88 valence electrons. The van der Waals surface area contributed by atoms with Crippen LogP contribution in [-0.4, -0.2) is 37.9 Å². The number of halogens is 1. The van der Waals surface area contributed by atoms with Crippen LogP contribution in [-0.2, 0) is 6.42 Å². The van der Waals surface area contributed by atoms with Gasteiger partial charge in [0, 0.05) is 33.6 Å². The minimum absolute atomic E-state index is 0.238. The highest BCUT2D eigenvalue weighted by Crippen LogP contribution is 2.22. The van der Waals surface area contributed by atoms with E-state index in [0.29, 0.717) is 25.2 Å². The smallest absolute Gasteiger partial charge is 0.146 e. The van der Waals surface area contributed by atoms with Crippen LogP contribution >= 0.6 is 0 Å². The number of hydrogen-bond acceptors (Lipinski definition) is 3. The molecule has 1 saturated heterocycles. The second-order valence-corrected chi connectivity index (χ2v) is 4.68. The summed E-state index contributed by atoms with van der Waals surface area (Å²) in [5.74, 6) is -0.238. The predicted molar refractivity (Wildman–Crippen MR) is 62.3 cm³/mol. The largest absolute Gasteiger partial charge is 0.387 e. The van der Waals surface area contributed by atoms with Gasteiger partial charge in [0.05, 0.1) is 11.3 Å². The second kappa shape index (κ2) is 4.03. The van der Waals surface area contributed by atoms with Gasteiger partial charge in [-0.1, -0.05) is 6.07 Å². The molecule has 0 spiro atoms. The first-order valence-corrected chi connectivity index (χ1v) is 5.39. The zero-order valence-electron chi connectivity index (χ0n) is 9.63. The quantitative estimate of drug-likeness (QED) is 0.796. The minimum atomic E-state index is -0.688. The molecule has 1 aromatic rings. The van der Waals surface area contributed by atoms with Gasteiger partial charge in [0.1, 0.15) is 5.82 Å². The van der Waals surface area contributed by atoms with Crippen LogP contribution in [0, 0.1) is 5.82 Å². The maximum Gasteiger partial charge on any atom is 0.146 e. The Kier molecular flexibility index (Phi) is 2.86. The van der Waals surface area contributed by atoms with Crippen molar-refractivity contribution in [1.29, 1.82) is 0 Å². The highest BCUT2D eigenvalue weighted by molar-refractivity contribution is 5.48. The molecule has 1 heterocycles. The molecule has 0 radical (unpaired) electrons. The zero-order valence-corrected chi connectivity index (χ0v) is 9.63. The summed E-state index contributed by atoms with van der Waals surface area (Å²) < 4.78 is 13.7. The number of nitrogens with zero attached hydrogens (tertiary/aromatic N) is 1. The molecular formula is C12H17FN2O. The Morgan fingerprint density at radius 1 is 1.44 bits per heavy atom. The lowest BCUT2D eigenvalue weighted by Crippen LogP contribution is -2.60. The summed E-state index contributed by atoms with van der Waals surface area (Å²) in [7, 11) is 3.61. The second-order valence-electron chi connectivity index (χ2n) is 4.68. The fraction of sp³-hybridized carbons (Fsp3) is 0.500. The Morgan fingerprint density at radius 3 is 2.56 bits per heavy atom. The van der Waals surface area contributed by atoms with Gasteiger partial charge in [-0.15, -0.1) is 0 Å². The fourth-order valence-electron chi connectivity index (χ4n) is 1.94. The summed E-state index contributed by atoms with van der Waals surface area (Å²) >= 11 is 0. The molecule has 2 N–H and O–H groups in total. The summed E-state index contributed by atoms with van der Waals surface area (Å²) in [5.41, 5.74) is 0.723. The Balaban J connectivity index is 2.14. The molecular weight excluding hydrogens is 207 g/mol. The zero-order chi connectivity index (χ0) is 11.8. The van der Waals surface area contributed by atoms with Crippen molar-refractivity contribution in [3.63, 3.8) is 0 Å². The molecule has 1 aliphatic heterocycles. The van der Waals surface area contributed by atoms with E-state index >= 15 is 0 Å². The van der Waals surface area contributed by atoms with Crippen molar-refractivity contribution in [1.82, 2.24) is 5.32 Å². The first kappa shape index (κ1) is 11.4. The van der Waals surface area contributed by atoms with Crippen molar-refractivity contribution in [3.05, 3.63) is 29.6 Å². The maximum atomic E-state index is 13.7. The molecule has 2 rings (SSSR count). The van der Waals surface area contributed by atoms with Crippen LogP contribution in [0.5, 0.6) is 0 Å². The van der Waals surface area contributed by atoms with E-state index in [1.54, 1.807) is 11.0 Å². The van der Waals surface area contributed by atoms with E-state index in [0.717, 1.165) is 5.56 Å². The highest BCUT2D eigenvalue weighted by Gasteiger charge is 2.34. The van der Waals surface area contributed by atoms with Crippen molar-refractivity contribution in [3.8, 4) is 0 Å². The number of benzene rings is 1. The van der Waals surface area contributed by atoms with Crippen LogP contribution in [0.15, 0.2) is 18.2 Å². The first-order valence-electron chi connectivity index (χ1n) is 5.39. The van der Waals surface area contributed by atoms with E-state index in [4.69, 9.17) is 0 Å². The number of anilines is 1. The Bertz CT molecular complexity index is 389. The number of hydrogen-bond donors (Lipinski definition) is 2. The van der Waals surface area contributed by atoms with E-state index in [-0.39, 0.29) is 5.82 Å². The van der Waals surface area contributed by atoms with Crippen molar-refractivity contribution in [2.45, 2.75) is 12.0 Å². The van der Waals surface area contributed by atoms with Crippen molar-refractivity contribution in [2.24, 2.45) is 0 Å². The van der Waals surface area contributed by atoms with E-state index in [2.05, 4.69) is 5.32 Å². The summed E-state index contributed by atoms with van der Waals surface area (Å²) in [6.45, 7) is 1.17.